The highest BCUT2D eigenvalue weighted by Crippen LogP contribution is 2.46. The second-order valence-corrected chi connectivity index (χ2v) is 26.4. The number of amides is 1. The van der Waals surface area contributed by atoms with Gasteiger partial charge in [-0.3, -0.25) is 14.8 Å². The van der Waals surface area contributed by atoms with E-state index in [0.717, 1.165) is 0 Å². The van der Waals surface area contributed by atoms with Gasteiger partial charge in [0.25, 0.3) is 0 Å². The topological polar surface area (TPSA) is 112 Å². The van der Waals surface area contributed by atoms with Crippen molar-refractivity contribution in [3.8, 4) is 34.5 Å². The summed E-state index contributed by atoms with van der Waals surface area (Å²) in [5, 5.41) is 1.05. The molecule has 2 bridgehead atoms. The lowest BCUT2D eigenvalue weighted by Crippen LogP contribution is -2.66. The zero-order valence-electron chi connectivity index (χ0n) is 42.8. The van der Waals surface area contributed by atoms with Crippen molar-refractivity contribution in [1.82, 2.24) is 24.8 Å². The number of pyridine rings is 1. The second-order valence-electron chi connectivity index (χ2n) is 20.9. The Bertz CT molecular complexity index is 2650. The van der Waals surface area contributed by atoms with Gasteiger partial charge in [0.05, 0.1) is 37.4 Å². The van der Waals surface area contributed by atoms with Crippen molar-refractivity contribution in [2.24, 2.45) is 0 Å². The van der Waals surface area contributed by atoms with E-state index in [1.54, 1.807) is 35.1 Å². The van der Waals surface area contributed by atoms with Crippen molar-refractivity contribution in [3.05, 3.63) is 47.7 Å². The van der Waals surface area contributed by atoms with E-state index in [1.807, 2.05) is 25.7 Å². The first-order chi connectivity index (χ1) is 32.5. The van der Waals surface area contributed by atoms with E-state index < -0.39 is 61.2 Å². The average Bonchev–Trinajstić information content (AvgIpc) is 3.89. The van der Waals surface area contributed by atoms with Gasteiger partial charge in [0.2, 0.25) is 0 Å². The smallest absolute Gasteiger partial charge is 0.411 e. The molecule has 2 aromatic heterocycles. The van der Waals surface area contributed by atoms with Gasteiger partial charge in [-0.1, -0.05) is 53.5 Å². The van der Waals surface area contributed by atoms with E-state index in [1.165, 1.54) is 19.4 Å². The van der Waals surface area contributed by atoms with Crippen molar-refractivity contribution in [1.29, 1.82) is 0 Å². The normalized spacial score (nSPS) is 23.8. The van der Waals surface area contributed by atoms with Gasteiger partial charge in [-0.15, -0.1) is 5.54 Å². The Labute approximate surface area is 397 Å². The predicted octanol–water partition coefficient (Wildman–Crippen LogP) is 10.2. The van der Waals surface area contributed by atoms with Crippen LogP contribution in [0.2, 0.25) is 16.6 Å². The van der Waals surface area contributed by atoms with E-state index in [2.05, 4.69) is 58.0 Å². The Morgan fingerprint density at radius 1 is 1.00 bits per heavy atom. The summed E-state index contributed by atoms with van der Waals surface area (Å²) in [7, 11) is 0.663. The van der Waals surface area contributed by atoms with Gasteiger partial charge in [0, 0.05) is 57.4 Å². The van der Waals surface area contributed by atoms with Crippen LogP contribution >= 0.6 is 0 Å². The van der Waals surface area contributed by atoms with Crippen molar-refractivity contribution in [2.75, 3.05) is 65.3 Å². The van der Waals surface area contributed by atoms with Crippen molar-refractivity contribution in [2.45, 2.75) is 140 Å². The summed E-state index contributed by atoms with van der Waals surface area (Å²) in [6.07, 6.45) is 1.86. The molecule has 0 radical (unpaired) electrons. The van der Waals surface area contributed by atoms with Gasteiger partial charge in [0.1, 0.15) is 55.0 Å². The van der Waals surface area contributed by atoms with E-state index >= 15 is 13.2 Å². The molecular weight excluding hydrogens is 878 g/mol. The van der Waals surface area contributed by atoms with Crippen LogP contribution in [0.25, 0.3) is 32.9 Å². The molecule has 0 N–H and O–H groups in total. The number of nitrogens with zero attached hydrogens (tertiary/aromatic N) is 6. The lowest BCUT2D eigenvalue weighted by Gasteiger charge is -2.49. The molecule has 362 valence electrons. The number of halogens is 3. The fourth-order valence-corrected chi connectivity index (χ4v) is 17.0. The Hall–Kier alpha value is -4.69. The summed E-state index contributed by atoms with van der Waals surface area (Å²) in [4.78, 5) is 33.6. The Balaban J connectivity index is 1.34. The molecule has 4 aliphatic heterocycles. The van der Waals surface area contributed by atoms with Crippen LogP contribution in [-0.2, 0) is 14.2 Å². The number of anilines is 1. The van der Waals surface area contributed by atoms with Gasteiger partial charge in [-0.05, 0) is 93.2 Å². The maximum atomic E-state index is 18.1. The number of fused-ring (bicyclic) bond motifs is 5. The van der Waals surface area contributed by atoms with Crippen LogP contribution < -0.4 is 14.4 Å². The zero-order valence-corrected chi connectivity index (χ0v) is 41.8. The molecule has 12 nitrogen and oxygen atoms in total. The first-order valence-electron chi connectivity index (χ1n) is 24.6. The van der Waals surface area contributed by atoms with Crippen LogP contribution in [-0.4, -0.2) is 128 Å². The number of carbonyl (C=O) groups excluding carboxylic acids is 1. The summed E-state index contributed by atoms with van der Waals surface area (Å²) in [5.41, 5.74) is 1.38. The minimum absolute atomic E-state index is 0.0743. The monoisotopic (exact) mass is 946 g/mol. The molecule has 0 saturated carbocycles. The number of hydrogen-bond donors (Lipinski definition) is 0. The highest BCUT2D eigenvalue weighted by atomic mass is 28.3. The van der Waals surface area contributed by atoms with Gasteiger partial charge < -0.3 is 28.6 Å². The van der Waals surface area contributed by atoms with Crippen LogP contribution in [0.1, 0.15) is 103 Å². The summed E-state index contributed by atoms with van der Waals surface area (Å²) in [6, 6.07) is 5.46. The minimum atomic E-state index is -2.50. The summed E-state index contributed by atoms with van der Waals surface area (Å²) < 4.78 is 97.6. The lowest BCUT2D eigenvalue weighted by atomic mass is 9.95. The molecule has 8 rings (SSSR count). The molecule has 6 heterocycles. The highest BCUT2D eigenvalue weighted by Gasteiger charge is 2.56. The first kappa shape index (κ1) is 46.1. The molecule has 4 fully saturated rings. The summed E-state index contributed by atoms with van der Waals surface area (Å²) >= 11 is 0. The fourth-order valence-electron chi connectivity index (χ4n) is 11.8. The number of rotatable bonds is 13. The predicted molar refractivity (Wildman–Crippen MR) is 257 cm³/mol. The third kappa shape index (κ3) is 8.94. The van der Waals surface area contributed by atoms with Crippen LogP contribution in [0.15, 0.2) is 30.5 Å². The Morgan fingerprint density at radius 2 is 1.75 bits per heavy atom. The number of alkyl halides is 1. The molecule has 2 aromatic carbocycles. The third-order valence-electron chi connectivity index (χ3n) is 14.5. The molecule has 4 aromatic rings. The molecule has 4 saturated heterocycles. The Kier molecular flexibility index (Phi) is 12.8. The fraction of sp³-hybridized carbons (Fsp3) is 0.608. The molecule has 16 heteroatoms. The number of piperazine rings is 1. The summed E-state index contributed by atoms with van der Waals surface area (Å²) in [6.45, 7) is 17.1. The summed E-state index contributed by atoms with van der Waals surface area (Å²) in [5.74, 6) is 2.34. The molecular formula is C51H67F3N6O6Si. The van der Waals surface area contributed by atoms with Crippen LogP contribution in [0.5, 0.6) is 11.8 Å². The van der Waals surface area contributed by atoms with E-state index in [4.69, 9.17) is 33.7 Å². The third-order valence-corrected chi connectivity index (χ3v) is 20.8. The van der Waals surface area contributed by atoms with Crippen LogP contribution in [0, 0.1) is 23.1 Å². The van der Waals surface area contributed by atoms with Crippen LogP contribution in [0.4, 0.5) is 23.8 Å². The maximum Gasteiger partial charge on any atom is 0.411 e. The number of hydrogen-bond acceptors (Lipinski definition) is 11. The molecule has 0 unspecified atom stereocenters. The average molecular weight is 947 g/mol. The largest absolute Gasteiger partial charge is 0.468 e. The number of benzene rings is 2. The molecule has 0 aliphatic carbocycles. The minimum Gasteiger partial charge on any atom is -0.468 e. The molecule has 0 spiro atoms. The van der Waals surface area contributed by atoms with E-state index in [0.29, 0.717) is 48.8 Å². The molecule has 67 heavy (non-hydrogen) atoms. The molecule has 1 amide bonds. The number of methoxy groups -OCH3 is 2. The second kappa shape index (κ2) is 18.7. The van der Waals surface area contributed by atoms with E-state index in [-0.39, 0.29) is 95.7 Å². The van der Waals surface area contributed by atoms with Gasteiger partial charge in [-0.25, -0.2) is 18.0 Å². The SMILES string of the molecule is [2H]C([2H])(Oc1nc(N2C[C@@H]3CC[C@](COC)(C2)N3C(=O)OC(C)(C)C)c2cnc(-c3cc(OCOC)cc4ccc(F)c(C#C[Si](C(C)C)(C(C)C)C(C)C)c34)c(F)c2n1)[C@@]12CCCN1C[C@H](F)C2. The van der Waals surface area contributed by atoms with Crippen molar-refractivity contribution in [3.63, 3.8) is 0 Å². The number of carbonyl (C=O) groups is 1. The Morgan fingerprint density at radius 3 is 2.43 bits per heavy atom. The van der Waals surface area contributed by atoms with E-state index in [9.17, 15) is 7.54 Å². The maximum absolute atomic E-state index is 18.1. The highest BCUT2D eigenvalue weighted by molar-refractivity contribution is 6.90. The number of ether oxygens (including phenoxy) is 5. The molecule has 4 aliphatic rings. The van der Waals surface area contributed by atoms with Crippen molar-refractivity contribution >= 4 is 41.7 Å². The zero-order chi connectivity index (χ0) is 50.0. The lowest BCUT2D eigenvalue weighted by molar-refractivity contribution is -0.0261. The van der Waals surface area contributed by atoms with Gasteiger partial charge in [-0.2, -0.15) is 9.97 Å². The number of aromatic nitrogens is 3. The molecule has 4 atom stereocenters. The van der Waals surface area contributed by atoms with Crippen molar-refractivity contribution < 1.29 is 44.4 Å². The van der Waals surface area contributed by atoms with Crippen LogP contribution in [0.3, 0.4) is 0 Å². The van der Waals surface area contributed by atoms with Gasteiger partial charge in [0.15, 0.2) is 12.6 Å². The van der Waals surface area contributed by atoms with Gasteiger partial charge >= 0.3 is 12.1 Å². The first-order valence-corrected chi connectivity index (χ1v) is 25.9. The standard InChI is InChI=1S/C51H67F3N6O6Si/c1-31(2)67(32(3)4,33(5)6)20-16-38-41(53)14-13-34-21-37(65-30-63-11)22-39(42(34)38)44-43(54)45-40(24-55-44)46(57-47(56-45)64-29-50-17-12-19-59(50)25-35(52)23-50)58-26-36-15-18-51(27-58,28-62-10)60(36)48(61)66-49(7,8)9/h13-14,21-22,24,31-33,35-36H,12,15,17-19,23,25-30H2,1-11H3/t35-,36+,50+,51-/m1/s1/i29D2. The quantitative estimate of drug-likeness (QED) is 0.0726.